The number of hydrogen-bond donors (Lipinski definition) is 1. The van der Waals surface area contributed by atoms with Crippen molar-refractivity contribution in [2.24, 2.45) is 0 Å². The minimum Gasteiger partial charge on any atom is -0.387 e. The van der Waals surface area contributed by atoms with E-state index in [0.29, 0.717) is 6.42 Å². The van der Waals surface area contributed by atoms with Crippen molar-refractivity contribution in [1.82, 2.24) is 9.78 Å². The van der Waals surface area contributed by atoms with Crippen LogP contribution in [0.25, 0.3) is 0 Å². The Labute approximate surface area is 116 Å². The van der Waals surface area contributed by atoms with Gasteiger partial charge in [0.1, 0.15) is 0 Å². The number of rotatable bonds is 5. The molecule has 2 rings (SSSR count). The maximum Gasteiger partial charge on any atom is 0.0992 e. The van der Waals surface area contributed by atoms with Gasteiger partial charge in [0.15, 0.2) is 0 Å². The second-order valence-electron chi connectivity index (χ2n) is 4.84. The van der Waals surface area contributed by atoms with Crippen molar-refractivity contribution in [2.45, 2.75) is 57.8 Å². The van der Waals surface area contributed by atoms with Gasteiger partial charge in [-0.25, -0.2) is 0 Å². The molecule has 1 aliphatic heterocycles. The summed E-state index contributed by atoms with van der Waals surface area (Å²) in [7, 11) is 0. The van der Waals surface area contributed by atoms with E-state index in [1.807, 2.05) is 4.68 Å². The van der Waals surface area contributed by atoms with Gasteiger partial charge in [-0.1, -0.05) is 6.92 Å². The molecule has 5 heteroatoms. The summed E-state index contributed by atoms with van der Waals surface area (Å²) in [6.45, 7) is 3.77. The lowest BCUT2D eigenvalue weighted by Gasteiger charge is -2.25. The average molecular weight is 317 g/mol. The largest absolute Gasteiger partial charge is 0.387 e. The van der Waals surface area contributed by atoms with Crippen LogP contribution in [0, 0.1) is 0 Å². The van der Waals surface area contributed by atoms with Gasteiger partial charge in [-0.2, -0.15) is 5.10 Å². The van der Waals surface area contributed by atoms with Gasteiger partial charge in [0.05, 0.1) is 28.6 Å². The first kappa shape index (κ1) is 14.0. The van der Waals surface area contributed by atoms with Crippen molar-refractivity contribution in [2.75, 3.05) is 6.61 Å². The van der Waals surface area contributed by atoms with Crippen molar-refractivity contribution in [1.29, 1.82) is 0 Å². The van der Waals surface area contributed by atoms with Gasteiger partial charge in [-0.3, -0.25) is 4.68 Å². The Bertz CT molecular complexity index is 375. The second-order valence-corrected chi connectivity index (χ2v) is 5.70. The van der Waals surface area contributed by atoms with Gasteiger partial charge < -0.3 is 9.84 Å². The first-order chi connectivity index (χ1) is 8.72. The van der Waals surface area contributed by atoms with E-state index in [1.54, 1.807) is 6.20 Å². The minimum atomic E-state index is -0.503. The highest BCUT2D eigenvalue weighted by atomic mass is 79.9. The highest BCUT2D eigenvalue weighted by Gasteiger charge is 2.23. The van der Waals surface area contributed by atoms with Crippen molar-refractivity contribution in [3.63, 3.8) is 0 Å². The lowest BCUT2D eigenvalue weighted by Crippen LogP contribution is -2.23. The third kappa shape index (κ3) is 3.33. The molecule has 0 spiro atoms. The predicted molar refractivity (Wildman–Crippen MR) is 73.4 cm³/mol. The maximum absolute atomic E-state index is 10.4. The fraction of sp³-hybridized carbons (Fsp3) is 0.769. The summed E-state index contributed by atoms with van der Waals surface area (Å²) in [6, 6.07) is 0. The molecule has 1 fully saturated rings. The van der Waals surface area contributed by atoms with Gasteiger partial charge in [0.25, 0.3) is 0 Å². The maximum atomic E-state index is 10.4. The van der Waals surface area contributed by atoms with Crippen LogP contribution >= 0.6 is 15.9 Å². The second kappa shape index (κ2) is 6.68. The van der Waals surface area contributed by atoms with Crippen LogP contribution in [-0.4, -0.2) is 27.6 Å². The Balaban J connectivity index is 2.02. The van der Waals surface area contributed by atoms with Crippen molar-refractivity contribution in [3.05, 3.63) is 16.4 Å². The molecular formula is C13H21BrN2O2. The SMILES string of the molecule is CCCn1ncc(Br)c1C(O)CC1CCCCO1. The van der Waals surface area contributed by atoms with Gasteiger partial charge in [-0.05, 0) is 41.6 Å². The number of hydrogen-bond acceptors (Lipinski definition) is 3. The Kier molecular flexibility index (Phi) is 5.21. The molecule has 1 aromatic heterocycles. The van der Waals surface area contributed by atoms with Crippen LogP contribution in [-0.2, 0) is 11.3 Å². The summed E-state index contributed by atoms with van der Waals surface area (Å²) in [5.74, 6) is 0. The quantitative estimate of drug-likeness (QED) is 0.908. The molecule has 2 atom stereocenters. The highest BCUT2D eigenvalue weighted by molar-refractivity contribution is 9.10. The van der Waals surface area contributed by atoms with Crippen LogP contribution in [0.2, 0.25) is 0 Å². The van der Waals surface area contributed by atoms with Crippen LogP contribution in [0.5, 0.6) is 0 Å². The molecule has 0 aromatic carbocycles. The molecule has 1 aliphatic rings. The number of ether oxygens (including phenoxy) is 1. The highest BCUT2D eigenvalue weighted by Crippen LogP contribution is 2.29. The molecule has 0 saturated carbocycles. The van der Waals surface area contributed by atoms with Gasteiger partial charge >= 0.3 is 0 Å². The molecule has 102 valence electrons. The Hall–Kier alpha value is -0.390. The third-order valence-corrected chi connectivity index (χ3v) is 3.96. The third-order valence-electron chi connectivity index (χ3n) is 3.34. The first-order valence-corrected chi connectivity index (χ1v) is 7.52. The molecule has 0 radical (unpaired) electrons. The summed E-state index contributed by atoms with van der Waals surface area (Å²) < 4.78 is 8.46. The molecule has 1 N–H and O–H groups in total. The molecule has 0 amide bonds. The number of aliphatic hydroxyl groups excluding tert-OH is 1. The van der Waals surface area contributed by atoms with Crippen LogP contribution in [0.1, 0.15) is 50.8 Å². The zero-order chi connectivity index (χ0) is 13.0. The summed E-state index contributed by atoms with van der Waals surface area (Å²) in [4.78, 5) is 0. The van der Waals surface area contributed by atoms with E-state index in [0.717, 1.165) is 42.6 Å². The predicted octanol–water partition coefficient (Wildman–Crippen LogP) is 3.05. The summed E-state index contributed by atoms with van der Waals surface area (Å²) in [5.41, 5.74) is 0.881. The first-order valence-electron chi connectivity index (χ1n) is 6.73. The number of halogens is 1. The number of aliphatic hydroxyl groups is 1. The summed E-state index contributed by atoms with van der Waals surface area (Å²) in [5, 5.41) is 14.7. The standard InChI is InChI=1S/C13H21BrN2O2/c1-2-6-16-13(11(14)9-15-16)12(17)8-10-5-3-4-7-18-10/h9-10,12,17H,2-8H2,1H3. The minimum absolute atomic E-state index is 0.186. The number of aromatic nitrogens is 2. The monoisotopic (exact) mass is 316 g/mol. The van der Waals surface area contributed by atoms with E-state index in [4.69, 9.17) is 4.74 Å². The fourth-order valence-electron chi connectivity index (χ4n) is 2.45. The van der Waals surface area contributed by atoms with Crippen LogP contribution in [0.3, 0.4) is 0 Å². The molecule has 0 aliphatic carbocycles. The molecule has 4 nitrogen and oxygen atoms in total. The molecule has 1 aromatic rings. The molecule has 1 saturated heterocycles. The molecule has 0 bridgehead atoms. The molecular weight excluding hydrogens is 296 g/mol. The van der Waals surface area contributed by atoms with Gasteiger partial charge in [-0.15, -0.1) is 0 Å². The molecule has 2 heterocycles. The Morgan fingerprint density at radius 1 is 1.61 bits per heavy atom. The zero-order valence-corrected chi connectivity index (χ0v) is 12.4. The average Bonchev–Trinajstić information content (AvgIpc) is 2.72. The Morgan fingerprint density at radius 3 is 3.11 bits per heavy atom. The van der Waals surface area contributed by atoms with E-state index in [-0.39, 0.29) is 6.10 Å². The van der Waals surface area contributed by atoms with Crippen molar-refractivity contribution in [3.8, 4) is 0 Å². The molecule has 2 unspecified atom stereocenters. The van der Waals surface area contributed by atoms with E-state index in [9.17, 15) is 5.11 Å². The van der Waals surface area contributed by atoms with E-state index in [1.165, 1.54) is 6.42 Å². The van der Waals surface area contributed by atoms with Crippen LogP contribution in [0.15, 0.2) is 10.7 Å². The summed E-state index contributed by atoms with van der Waals surface area (Å²) >= 11 is 3.47. The van der Waals surface area contributed by atoms with Crippen molar-refractivity contribution >= 4 is 15.9 Å². The Morgan fingerprint density at radius 2 is 2.44 bits per heavy atom. The smallest absolute Gasteiger partial charge is 0.0992 e. The number of aryl methyl sites for hydroxylation is 1. The number of nitrogens with zero attached hydrogens (tertiary/aromatic N) is 2. The van der Waals surface area contributed by atoms with E-state index in [2.05, 4.69) is 28.0 Å². The van der Waals surface area contributed by atoms with Crippen molar-refractivity contribution < 1.29 is 9.84 Å². The topological polar surface area (TPSA) is 47.3 Å². The lowest BCUT2D eigenvalue weighted by molar-refractivity contribution is -0.0172. The fourth-order valence-corrected chi connectivity index (χ4v) is 3.01. The van der Waals surface area contributed by atoms with E-state index < -0.39 is 6.10 Å². The lowest BCUT2D eigenvalue weighted by atomic mass is 10.0. The van der Waals surface area contributed by atoms with Gasteiger partial charge in [0, 0.05) is 19.6 Å². The molecule has 18 heavy (non-hydrogen) atoms. The van der Waals surface area contributed by atoms with Gasteiger partial charge in [0.2, 0.25) is 0 Å². The van der Waals surface area contributed by atoms with E-state index >= 15 is 0 Å². The van der Waals surface area contributed by atoms with Crippen LogP contribution in [0.4, 0.5) is 0 Å². The summed E-state index contributed by atoms with van der Waals surface area (Å²) in [6.07, 6.45) is 6.51. The zero-order valence-electron chi connectivity index (χ0n) is 10.8. The normalized spacial score (nSPS) is 22.1. The van der Waals surface area contributed by atoms with Crippen LogP contribution < -0.4 is 0 Å².